The van der Waals surface area contributed by atoms with Gasteiger partial charge in [-0.2, -0.15) is 0 Å². The lowest BCUT2D eigenvalue weighted by molar-refractivity contribution is 0.306. The zero-order chi connectivity index (χ0) is 12.3. The normalized spacial score (nSPS) is 10.2. The Balaban J connectivity index is 2.07. The number of nitrogen functional groups attached to an aromatic ring is 1. The third-order valence-corrected chi connectivity index (χ3v) is 3.37. The molecule has 0 amide bonds. The molecule has 0 saturated heterocycles. The van der Waals surface area contributed by atoms with Crippen LogP contribution in [0.5, 0.6) is 5.75 Å². The Morgan fingerprint density at radius 1 is 1.12 bits per heavy atom. The van der Waals surface area contributed by atoms with E-state index in [1.807, 2.05) is 30.3 Å². The van der Waals surface area contributed by atoms with Crippen molar-refractivity contribution < 1.29 is 4.74 Å². The van der Waals surface area contributed by atoms with E-state index in [-0.39, 0.29) is 0 Å². The molecule has 2 aromatic rings. The molecule has 4 heteroatoms. The molecule has 2 nitrogen and oxygen atoms in total. The Labute approximate surface area is 119 Å². The van der Waals surface area contributed by atoms with Gasteiger partial charge >= 0.3 is 0 Å². The molecule has 0 aliphatic heterocycles. The van der Waals surface area contributed by atoms with Crippen molar-refractivity contribution in [3.63, 3.8) is 0 Å². The topological polar surface area (TPSA) is 35.2 Å². The predicted molar refractivity (Wildman–Crippen MR) is 79.4 cm³/mol. The van der Waals surface area contributed by atoms with Crippen LogP contribution in [0.15, 0.2) is 42.5 Å². The van der Waals surface area contributed by atoms with Crippen LogP contribution in [0.2, 0.25) is 5.02 Å². The number of hydrogen-bond acceptors (Lipinski definition) is 2. The van der Waals surface area contributed by atoms with E-state index >= 15 is 0 Å². The van der Waals surface area contributed by atoms with Crippen LogP contribution in [0.4, 0.5) is 5.69 Å². The number of halogens is 2. The lowest BCUT2D eigenvalue weighted by atomic mass is 10.2. The highest BCUT2D eigenvalue weighted by Crippen LogP contribution is 2.21. The van der Waals surface area contributed by atoms with Crippen molar-refractivity contribution in [3.8, 4) is 5.75 Å². The SMILES string of the molecule is Nc1ccc(Cl)c(COc2ccc(I)cc2)c1. The molecule has 17 heavy (non-hydrogen) atoms. The van der Waals surface area contributed by atoms with E-state index in [1.54, 1.807) is 12.1 Å². The van der Waals surface area contributed by atoms with Crippen LogP contribution >= 0.6 is 34.2 Å². The summed E-state index contributed by atoms with van der Waals surface area (Å²) in [5.74, 6) is 0.823. The fourth-order valence-corrected chi connectivity index (χ4v) is 1.93. The molecule has 0 unspecified atom stereocenters. The number of nitrogens with two attached hydrogens (primary N) is 1. The van der Waals surface area contributed by atoms with Gasteiger partial charge < -0.3 is 10.5 Å². The van der Waals surface area contributed by atoms with Crippen LogP contribution in [-0.2, 0) is 6.61 Å². The van der Waals surface area contributed by atoms with Crippen molar-refractivity contribution in [1.29, 1.82) is 0 Å². The van der Waals surface area contributed by atoms with E-state index in [0.29, 0.717) is 17.3 Å². The van der Waals surface area contributed by atoms with Gasteiger partial charge in [-0.1, -0.05) is 11.6 Å². The molecule has 0 fully saturated rings. The molecule has 0 aromatic heterocycles. The minimum absolute atomic E-state index is 0.421. The van der Waals surface area contributed by atoms with Crippen molar-refractivity contribution in [3.05, 3.63) is 56.6 Å². The summed E-state index contributed by atoms with van der Waals surface area (Å²) in [6.45, 7) is 0.421. The van der Waals surface area contributed by atoms with Gasteiger partial charge in [-0.05, 0) is 65.1 Å². The second kappa shape index (κ2) is 5.60. The van der Waals surface area contributed by atoms with Crippen LogP contribution in [0.1, 0.15) is 5.56 Å². The van der Waals surface area contributed by atoms with Gasteiger partial charge in [0.25, 0.3) is 0 Å². The minimum atomic E-state index is 0.421. The zero-order valence-electron chi connectivity index (χ0n) is 8.99. The Bertz CT molecular complexity index is 513. The van der Waals surface area contributed by atoms with Crippen LogP contribution in [-0.4, -0.2) is 0 Å². The number of anilines is 1. The van der Waals surface area contributed by atoms with Gasteiger partial charge in [-0.3, -0.25) is 0 Å². The summed E-state index contributed by atoms with van der Waals surface area (Å²) in [5.41, 5.74) is 7.29. The van der Waals surface area contributed by atoms with Crippen LogP contribution in [0.25, 0.3) is 0 Å². The first kappa shape index (κ1) is 12.5. The molecule has 0 aliphatic carbocycles. The van der Waals surface area contributed by atoms with Gasteiger partial charge in [0, 0.05) is 19.8 Å². The summed E-state index contributed by atoms with van der Waals surface area (Å²) in [5, 5.41) is 0.671. The third kappa shape index (κ3) is 3.51. The van der Waals surface area contributed by atoms with E-state index in [2.05, 4.69) is 22.6 Å². The second-order valence-electron chi connectivity index (χ2n) is 3.59. The summed E-state index contributed by atoms with van der Waals surface area (Å²) in [7, 11) is 0. The Morgan fingerprint density at radius 3 is 2.53 bits per heavy atom. The molecule has 0 radical (unpaired) electrons. The summed E-state index contributed by atoms with van der Waals surface area (Å²) in [6.07, 6.45) is 0. The van der Waals surface area contributed by atoms with Gasteiger partial charge in [0.1, 0.15) is 12.4 Å². The van der Waals surface area contributed by atoms with Crippen LogP contribution in [0.3, 0.4) is 0 Å². The summed E-state index contributed by atoms with van der Waals surface area (Å²) in [6, 6.07) is 13.2. The highest BCUT2D eigenvalue weighted by molar-refractivity contribution is 14.1. The first-order chi connectivity index (χ1) is 8.15. The molecule has 0 aliphatic rings. The Morgan fingerprint density at radius 2 is 1.82 bits per heavy atom. The highest BCUT2D eigenvalue weighted by Gasteiger charge is 2.02. The average molecular weight is 360 g/mol. The van der Waals surface area contributed by atoms with E-state index in [0.717, 1.165) is 11.3 Å². The summed E-state index contributed by atoms with van der Waals surface area (Å²) < 4.78 is 6.82. The lowest BCUT2D eigenvalue weighted by Gasteiger charge is -2.08. The Kier molecular flexibility index (Phi) is 4.12. The molecule has 0 heterocycles. The van der Waals surface area contributed by atoms with Crippen molar-refractivity contribution >= 4 is 39.9 Å². The van der Waals surface area contributed by atoms with Crippen LogP contribution < -0.4 is 10.5 Å². The average Bonchev–Trinajstić information content (AvgIpc) is 2.32. The quantitative estimate of drug-likeness (QED) is 0.661. The van der Waals surface area contributed by atoms with E-state index in [9.17, 15) is 0 Å². The van der Waals surface area contributed by atoms with E-state index < -0.39 is 0 Å². The molecular weight excluding hydrogens is 349 g/mol. The molecule has 88 valence electrons. The number of hydrogen-bond donors (Lipinski definition) is 1. The largest absolute Gasteiger partial charge is 0.489 e. The number of rotatable bonds is 3. The molecule has 0 bridgehead atoms. The minimum Gasteiger partial charge on any atom is -0.489 e. The summed E-state index contributed by atoms with van der Waals surface area (Å²) >= 11 is 8.30. The molecule has 0 spiro atoms. The van der Waals surface area contributed by atoms with Gasteiger partial charge in [-0.15, -0.1) is 0 Å². The standard InChI is InChI=1S/C13H11ClINO/c14-13-6-3-11(16)7-9(13)8-17-12-4-1-10(15)2-5-12/h1-7H,8,16H2. The van der Waals surface area contributed by atoms with Crippen molar-refractivity contribution in [1.82, 2.24) is 0 Å². The Hall–Kier alpha value is -0.940. The number of ether oxygens (including phenoxy) is 1. The maximum atomic E-state index is 6.05. The molecular formula is C13H11ClINO. The second-order valence-corrected chi connectivity index (χ2v) is 5.25. The van der Waals surface area contributed by atoms with Crippen molar-refractivity contribution in [2.45, 2.75) is 6.61 Å². The van der Waals surface area contributed by atoms with Gasteiger partial charge in [0.2, 0.25) is 0 Å². The predicted octanol–water partition coefficient (Wildman–Crippen LogP) is 4.11. The third-order valence-electron chi connectivity index (χ3n) is 2.28. The monoisotopic (exact) mass is 359 g/mol. The van der Waals surface area contributed by atoms with Crippen molar-refractivity contribution in [2.75, 3.05) is 5.73 Å². The van der Waals surface area contributed by atoms with Crippen LogP contribution in [0, 0.1) is 3.57 Å². The van der Waals surface area contributed by atoms with E-state index in [1.165, 1.54) is 3.57 Å². The lowest BCUT2D eigenvalue weighted by Crippen LogP contribution is -1.97. The van der Waals surface area contributed by atoms with Gasteiger partial charge in [0.15, 0.2) is 0 Å². The smallest absolute Gasteiger partial charge is 0.119 e. The first-order valence-electron chi connectivity index (χ1n) is 5.07. The molecule has 2 N–H and O–H groups in total. The maximum absolute atomic E-state index is 6.05. The molecule has 2 rings (SSSR count). The number of benzene rings is 2. The van der Waals surface area contributed by atoms with Gasteiger partial charge in [-0.25, -0.2) is 0 Å². The van der Waals surface area contributed by atoms with E-state index in [4.69, 9.17) is 22.1 Å². The molecule has 0 saturated carbocycles. The molecule has 0 atom stereocenters. The summed E-state index contributed by atoms with van der Waals surface area (Å²) in [4.78, 5) is 0. The molecule has 2 aromatic carbocycles. The fraction of sp³-hybridized carbons (Fsp3) is 0.0769. The highest BCUT2D eigenvalue weighted by atomic mass is 127. The van der Waals surface area contributed by atoms with Crippen molar-refractivity contribution in [2.24, 2.45) is 0 Å². The fourth-order valence-electron chi connectivity index (χ4n) is 1.40. The maximum Gasteiger partial charge on any atom is 0.119 e. The van der Waals surface area contributed by atoms with Gasteiger partial charge in [0.05, 0.1) is 0 Å². The zero-order valence-corrected chi connectivity index (χ0v) is 11.9. The first-order valence-corrected chi connectivity index (χ1v) is 6.53.